The summed E-state index contributed by atoms with van der Waals surface area (Å²) >= 11 is 1.75. The predicted octanol–water partition coefficient (Wildman–Crippen LogP) is 3.19. The van der Waals surface area contributed by atoms with Gasteiger partial charge in [-0.15, -0.1) is 11.3 Å². The lowest BCUT2D eigenvalue weighted by Crippen LogP contribution is -2.42. The summed E-state index contributed by atoms with van der Waals surface area (Å²) in [7, 11) is 0. The molecule has 0 bridgehead atoms. The van der Waals surface area contributed by atoms with Crippen molar-refractivity contribution in [2.24, 2.45) is 0 Å². The van der Waals surface area contributed by atoms with E-state index in [1.165, 1.54) is 23.9 Å². The quantitative estimate of drug-likeness (QED) is 0.774. The van der Waals surface area contributed by atoms with Crippen molar-refractivity contribution in [1.29, 1.82) is 0 Å². The van der Waals surface area contributed by atoms with E-state index in [1.54, 1.807) is 11.3 Å². The molecule has 2 heterocycles. The van der Waals surface area contributed by atoms with Crippen molar-refractivity contribution in [3.8, 4) is 0 Å². The fraction of sp³-hybridized carbons (Fsp3) is 0.474. The number of fused-ring (bicyclic) bond motifs is 1. The molecule has 0 aliphatic heterocycles. The SMILES string of the molecule is C=CC(=O)N(Cc1cnc(C2CC2)s1)C1CCc2nc(C)ncc2C1. The van der Waals surface area contributed by atoms with Crippen LogP contribution >= 0.6 is 11.3 Å². The van der Waals surface area contributed by atoms with Crippen molar-refractivity contribution in [3.63, 3.8) is 0 Å². The fourth-order valence-corrected chi connectivity index (χ4v) is 4.53. The van der Waals surface area contributed by atoms with Gasteiger partial charge in [-0.25, -0.2) is 15.0 Å². The molecule has 1 saturated carbocycles. The molecular weight excluding hydrogens is 332 g/mol. The van der Waals surface area contributed by atoms with Crippen LogP contribution in [-0.4, -0.2) is 31.8 Å². The first-order valence-electron chi connectivity index (χ1n) is 8.83. The van der Waals surface area contributed by atoms with E-state index in [2.05, 4.69) is 21.5 Å². The third kappa shape index (κ3) is 3.49. The van der Waals surface area contributed by atoms with Crippen LogP contribution in [-0.2, 0) is 24.2 Å². The number of rotatable bonds is 5. The lowest BCUT2D eigenvalue weighted by atomic mass is 9.91. The van der Waals surface area contributed by atoms with Crippen LogP contribution in [0.5, 0.6) is 0 Å². The van der Waals surface area contributed by atoms with Crippen LogP contribution in [0.25, 0.3) is 0 Å². The maximum atomic E-state index is 12.5. The molecule has 2 aromatic rings. The van der Waals surface area contributed by atoms with Crippen LogP contribution in [0.15, 0.2) is 25.0 Å². The summed E-state index contributed by atoms with van der Waals surface area (Å²) < 4.78 is 0. The van der Waals surface area contributed by atoms with Crippen LogP contribution in [0.3, 0.4) is 0 Å². The van der Waals surface area contributed by atoms with Gasteiger partial charge in [-0.1, -0.05) is 6.58 Å². The Hall–Kier alpha value is -2.08. The normalized spacial score (nSPS) is 19.3. The molecular formula is C19H22N4OS. The molecule has 2 aliphatic carbocycles. The second-order valence-electron chi connectivity index (χ2n) is 6.90. The molecule has 5 nitrogen and oxygen atoms in total. The van der Waals surface area contributed by atoms with E-state index in [0.29, 0.717) is 12.5 Å². The van der Waals surface area contributed by atoms with Crippen molar-refractivity contribution in [1.82, 2.24) is 19.9 Å². The van der Waals surface area contributed by atoms with Crippen molar-refractivity contribution < 1.29 is 4.79 Å². The Kier molecular flexibility index (Phi) is 4.37. The second-order valence-corrected chi connectivity index (χ2v) is 8.04. The maximum absolute atomic E-state index is 12.5. The van der Waals surface area contributed by atoms with Crippen molar-refractivity contribution in [2.45, 2.75) is 57.5 Å². The highest BCUT2D eigenvalue weighted by molar-refractivity contribution is 7.11. The van der Waals surface area contributed by atoms with E-state index in [-0.39, 0.29) is 11.9 Å². The van der Waals surface area contributed by atoms with Crippen LogP contribution < -0.4 is 0 Å². The predicted molar refractivity (Wildman–Crippen MR) is 97.4 cm³/mol. The molecule has 2 aliphatic rings. The number of carbonyl (C=O) groups is 1. The van der Waals surface area contributed by atoms with Gasteiger partial charge in [0.25, 0.3) is 0 Å². The van der Waals surface area contributed by atoms with Gasteiger partial charge in [0.05, 0.1) is 11.6 Å². The average Bonchev–Trinajstić information content (AvgIpc) is 3.37. The number of hydrogen-bond donors (Lipinski definition) is 0. The van der Waals surface area contributed by atoms with Gasteiger partial charge < -0.3 is 4.90 Å². The second kappa shape index (κ2) is 6.67. The first-order valence-corrected chi connectivity index (χ1v) is 9.64. The van der Waals surface area contributed by atoms with Crippen molar-refractivity contribution in [2.75, 3.05) is 0 Å². The number of aryl methyl sites for hydroxylation is 2. The van der Waals surface area contributed by atoms with Crippen molar-refractivity contribution in [3.05, 3.63) is 52.0 Å². The summed E-state index contributed by atoms with van der Waals surface area (Å²) in [5.41, 5.74) is 2.29. The van der Waals surface area contributed by atoms with Crippen molar-refractivity contribution >= 4 is 17.2 Å². The number of aromatic nitrogens is 3. The molecule has 0 radical (unpaired) electrons. The number of carbonyl (C=O) groups excluding carboxylic acids is 1. The summed E-state index contributed by atoms with van der Waals surface area (Å²) in [5, 5.41) is 1.22. The van der Waals surface area contributed by atoms with E-state index >= 15 is 0 Å². The monoisotopic (exact) mass is 354 g/mol. The maximum Gasteiger partial charge on any atom is 0.246 e. The minimum atomic E-state index is -0.0112. The van der Waals surface area contributed by atoms with Crippen LogP contribution in [0.1, 0.15) is 52.1 Å². The van der Waals surface area contributed by atoms with E-state index in [1.807, 2.05) is 24.2 Å². The number of hydrogen-bond acceptors (Lipinski definition) is 5. The van der Waals surface area contributed by atoms with Gasteiger partial charge in [-0.3, -0.25) is 4.79 Å². The molecule has 25 heavy (non-hydrogen) atoms. The molecule has 6 heteroatoms. The Bertz CT molecular complexity index is 812. The molecule has 130 valence electrons. The summed E-state index contributed by atoms with van der Waals surface area (Å²) in [6, 6.07) is 0.163. The Labute approximate surface area is 151 Å². The molecule has 0 N–H and O–H groups in total. The third-order valence-electron chi connectivity index (χ3n) is 4.97. The van der Waals surface area contributed by atoms with Gasteiger partial charge in [-0.05, 0) is 50.7 Å². The van der Waals surface area contributed by atoms with E-state index in [0.717, 1.165) is 41.2 Å². The number of nitrogens with zero attached hydrogens (tertiary/aromatic N) is 4. The molecule has 1 atom stereocenters. The lowest BCUT2D eigenvalue weighted by Gasteiger charge is -2.34. The van der Waals surface area contributed by atoms with Gasteiger partial charge in [0.1, 0.15) is 5.82 Å². The minimum absolute atomic E-state index is 0.0112. The largest absolute Gasteiger partial charge is 0.331 e. The van der Waals surface area contributed by atoms with Gasteiger partial charge in [-0.2, -0.15) is 0 Å². The zero-order chi connectivity index (χ0) is 17.4. The third-order valence-corrected chi connectivity index (χ3v) is 6.11. The van der Waals surface area contributed by atoms with Gasteiger partial charge in [0, 0.05) is 34.9 Å². The topological polar surface area (TPSA) is 59.0 Å². The smallest absolute Gasteiger partial charge is 0.246 e. The molecule has 0 aromatic carbocycles. The van der Waals surface area contributed by atoms with Gasteiger partial charge in [0.2, 0.25) is 5.91 Å². The summed E-state index contributed by atoms with van der Waals surface area (Å²) in [6.07, 6.45) is 10.4. The van der Waals surface area contributed by atoms with Gasteiger partial charge in [0.15, 0.2) is 0 Å². The van der Waals surface area contributed by atoms with E-state index in [9.17, 15) is 4.79 Å². The first kappa shape index (κ1) is 16.4. The Balaban J connectivity index is 1.53. The molecule has 1 unspecified atom stereocenters. The highest BCUT2D eigenvalue weighted by atomic mass is 32.1. The zero-order valence-electron chi connectivity index (χ0n) is 14.4. The first-order chi connectivity index (χ1) is 12.1. The highest BCUT2D eigenvalue weighted by Crippen LogP contribution is 2.42. The summed E-state index contributed by atoms with van der Waals surface area (Å²) in [6.45, 7) is 6.22. The number of thiazole rings is 1. The lowest BCUT2D eigenvalue weighted by molar-refractivity contribution is -0.129. The Morgan fingerprint density at radius 1 is 1.36 bits per heavy atom. The molecule has 1 amide bonds. The van der Waals surface area contributed by atoms with Crippen LogP contribution in [0.4, 0.5) is 0 Å². The minimum Gasteiger partial charge on any atom is -0.331 e. The Morgan fingerprint density at radius 2 is 2.20 bits per heavy atom. The standard InChI is InChI=1S/C19H22N4OS/c1-3-18(24)23(11-16-10-21-19(25-16)13-4-5-13)15-6-7-17-14(8-15)9-20-12(2)22-17/h3,9-10,13,15H,1,4-8,11H2,2H3. The molecule has 1 fully saturated rings. The summed E-state index contributed by atoms with van der Waals surface area (Å²) in [5.74, 6) is 1.46. The van der Waals surface area contributed by atoms with E-state index < -0.39 is 0 Å². The average molecular weight is 354 g/mol. The molecule has 4 rings (SSSR count). The fourth-order valence-electron chi connectivity index (χ4n) is 3.44. The van der Waals surface area contributed by atoms with E-state index in [4.69, 9.17) is 0 Å². The molecule has 0 spiro atoms. The van der Waals surface area contributed by atoms with Gasteiger partial charge >= 0.3 is 0 Å². The highest BCUT2D eigenvalue weighted by Gasteiger charge is 2.30. The number of amides is 1. The van der Waals surface area contributed by atoms with Crippen LogP contribution in [0, 0.1) is 6.92 Å². The zero-order valence-corrected chi connectivity index (χ0v) is 15.3. The molecule has 2 aromatic heterocycles. The molecule has 0 saturated heterocycles. The Morgan fingerprint density at radius 3 is 2.96 bits per heavy atom. The van der Waals surface area contributed by atoms with Crippen LogP contribution in [0.2, 0.25) is 0 Å². The summed E-state index contributed by atoms with van der Waals surface area (Å²) in [4.78, 5) is 29.0.